The number of aromatic nitrogens is 2. The molecule has 1 fully saturated rings. The fourth-order valence-corrected chi connectivity index (χ4v) is 3.79. The Labute approximate surface area is 164 Å². The summed E-state index contributed by atoms with van der Waals surface area (Å²) in [7, 11) is 0. The third-order valence-electron chi connectivity index (χ3n) is 4.29. The van der Waals surface area contributed by atoms with Crippen LogP contribution in [0.2, 0.25) is 0 Å². The molecule has 142 valence electrons. The number of aryl methyl sites for hydroxylation is 2. The molecule has 0 saturated carbocycles. The highest BCUT2D eigenvalue weighted by molar-refractivity contribution is 7.99. The van der Waals surface area contributed by atoms with Gasteiger partial charge in [0.1, 0.15) is 0 Å². The Balaban J connectivity index is 1.79. The second-order valence-corrected chi connectivity index (χ2v) is 7.71. The molecule has 7 heteroatoms. The van der Waals surface area contributed by atoms with Crippen LogP contribution in [0.3, 0.4) is 0 Å². The first-order valence-electron chi connectivity index (χ1n) is 8.99. The number of nitrogens with one attached hydrogen (secondary N) is 2. The fourth-order valence-electron chi connectivity index (χ4n) is 2.84. The topological polar surface area (TPSA) is 70.2 Å². The van der Waals surface area contributed by atoms with Crippen molar-refractivity contribution in [3.63, 3.8) is 0 Å². The zero-order valence-electron chi connectivity index (χ0n) is 16.0. The zero-order chi connectivity index (χ0) is 19.4. The molecule has 1 aromatic heterocycles. The molecular weight excluding hydrogens is 358 g/mol. The monoisotopic (exact) mass is 383 g/mol. The largest absolute Gasteiger partial charge is 0.338 e. The quantitative estimate of drug-likeness (QED) is 0.773. The second-order valence-electron chi connectivity index (χ2n) is 6.62. The maximum absolute atomic E-state index is 11.8. The SMILES string of the molecule is C=C(C)C(=O)Nc1cccc(Sc2c(C)nc(N3CCNCC3)nc2C)c1. The van der Waals surface area contributed by atoms with Crippen molar-refractivity contribution in [3.05, 3.63) is 47.8 Å². The molecule has 2 heterocycles. The number of carbonyl (C=O) groups is 1. The van der Waals surface area contributed by atoms with Crippen molar-refractivity contribution >= 4 is 29.3 Å². The van der Waals surface area contributed by atoms with Crippen LogP contribution in [0.5, 0.6) is 0 Å². The number of anilines is 2. The molecule has 6 nitrogen and oxygen atoms in total. The van der Waals surface area contributed by atoms with Crippen molar-refractivity contribution in [1.82, 2.24) is 15.3 Å². The average Bonchev–Trinajstić information content (AvgIpc) is 2.65. The molecule has 1 aliphatic heterocycles. The van der Waals surface area contributed by atoms with Crippen LogP contribution >= 0.6 is 11.8 Å². The number of hydrogen-bond acceptors (Lipinski definition) is 6. The van der Waals surface area contributed by atoms with E-state index >= 15 is 0 Å². The van der Waals surface area contributed by atoms with E-state index in [1.807, 2.05) is 38.1 Å². The Bertz CT molecular complexity index is 838. The molecule has 0 radical (unpaired) electrons. The molecule has 3 rings (SSSR count). The average molecular weight is 384 g/mol. The Morgan fingerprint density at radius 2 is 1.89 bits per heavy atom. The Morgan fingerprint density at radius 1 is 1.22 bits per heavy atom. The van der Waals surface area contributed by atoms with Gasteiger partial charge in [0.05, 0.1) is 16.3 Å². The van der Waals surface area contributed by atoms with Crippen molar-refractivity contribution in [3.8, 4) is 0 Å². The summed E-state index contributed by atoms with van der Waals surface area (Å²) < 4.78 is 0. The Kier molecular flexibility index (Phi) is 6.13. The van der Waals surface area contributed by atoms with Crippen molar-refractivity contribution in [2.75, 3.05) is 36.4 Å². The molecule has 0 atom stereocenters. The molecule has 2 aromatic rings. The molecule has 1 amide bonds. The van der Waals surface area contributed by atoms with Gasteiger partial charge in [-0.1, -0.05) is 24.4 Å². The van der Waals surface area contributed by atoms with E-state index in [4.69, 9.17) is 9.97 Å². The molecule has 0 bridgehead atoms. The summed E-state index contributed by atoms with van der Waals surface area (Å²) in [5.41, 5.74) is 3.17. The third-order valence-corrected chi connectivity index (χ3v) is 5.58. The molecule has 0 spiro atoms. The number of nitrogens with zero attached hydrogens (tertiary/aromatic N) is 3. The lowest BCUT2D eigenvalue weighted by Gasteiger charge is -2.28. The van der Waals surface area contributed by atoms with Gasteiger partial charge in [-0.15, -0.1) is 0 Å². The van der Waals surface area contributed by atoms with Gasteiger partial charge in [0, 0.05) is 42.3 Å². The first kappa shape index (κ1) is 19.4. The summed E-state index contributed by atoms with van der Waals surface area (Å²) in [4.78, 5) is 25.6. The molecule has 2 N–H and O–H groups in total. The van der Waals surface area contributed by atoms with E-state index < -0.39 is 0 Å². The highest BCUT2D eigenvalue weighted by Gasteiger charge is 2.17. The summed E-state index contributed by atoms with van der Waals surface area (Å²) in [6.45, 7) is 13.2. The summed E-state index contributed by atoms with van der Waals surface area (Å²) in [5, 5.41) is 6.20. The lowest BCUT2D eigenvalue weighted by Crippen LogP contribution is -2.44. The molecular formula is C20H25N5OS. The van der Waals surface area contributed by atoms with Crippen LogP contribution in [0.15, 0.2) is 46.2 Å². The molecule has 1 aromatic carbocycles. The predicted octanol–water partition coefficient (Wildman–Crippen LogP) is 3.17. The van der Waals surface area contributed by atoms with Gasteiger partial charge in [-0.25, -0.2) is 9.97 Å². The van der Waals surface area contributed by atoms with Crippen LogP contribution in [-0.2, 0) is 4.79 Å². The maximum Gasteiger partial charge on any atom is 0.250 e. The third kappa shape index (κ3) is 4.87. The van der Waals surface area contributed by atoms with Crippen molar-refractivity contribution in [1.29, 1.82) is 0 Å². The summed E-state index contributed by atoms with van der Waals surface area (Å²) >= 11 is 1.62. The summed E-state index contributed by atoms with van der Waals surface area (Å²) in [6, 6.07) is 7.77. The first-order valence-corrected chi connectivity index (χ1v) is 9.81. The highest BCUT2D eigenvalue weighted by atomic mass is 32.2. The van der Waals surface area contributed by atoms with Crippen LogP contribution in [-0.4, -0.2) is 42.1 Å². The van der Waals surface area contributed by atoms with Crippen LogP contribution in [0, 0.1) is 13.8 Å². The number of piperazine rings is 1. The van der Waals surface area contributed by atoms with E-state index in [-0.39, 0.29) is 5.91 Å². The van der Waals surface area contributed by atoms with Gasteiger partial charge in [-0.3, -0.25) is 4.79 Å². The van der Waals surface area contributed by atoms with E-state index in [1.165, 1.54) is 0 Å². The Morgan fingerprint density at radius 3 is 2.52 bits per heavy atom. The fraction of sp³-hybridized carbons (Fsp3) is 0.350. The van der Waals surface area contributed by atoms with Crippen molar-refractivity contribution < 1.29 is 4.79 Å². The zero-order valence-corrected chi connectivity index (χ0v) is 16.8. The standard InChI is InChI=1S/C20H25N5OS/c1-13(2)19(26)24-16-6-5-7-17(12-16)27-18-14(3)22-20(23-15(18)4)25-10-8-21-9-11-25/h5-7,12,21H,1,8-11H2,2-4H3,(H,24,26). The van der Waals surface area contributed by atoms with Gasteiger partial charge in [0.15, 0.2) is 0 Å². The minimum absolute atomic E-state index is 0.173. The first-order chi connectivity index (χ1) is 12.9. The highest BCUT2D eigenvalue weighted by Crippen LogP contribution is 2.33. The number of carbonyl (C=O) groups excluding carboxylic acids is 1. The van der Waals surface area contributed by atoms with Gasteiger partial charge in [0.25, 0.3) is 5.91 Å². The van der Waals surface area contributed by atoms with Gasteiger partial charge in [-0.05, 0) is 39.0 Å². The van der Waals surface area contributed by atoms with Gasteiger partial charge in [-0.2, -0.15) is 0 Å². The molecule has 0 unspecified atom stereocenters. The van der Waals surface area contributed by atoms with Crippen molar-refractivity contribution in [2.24, 2.45) is 0 Å². The molecule has 1 saturated heterocycles. The molecule has 27 heavy (non-hydrogen) atoms. The number of amides is 1. The number of benzene rings is 1. The van der Waals surface area contributed by atoms with Crippen LogP contribution in [0.25, 0.3) is 0 Å². The second kappa shape index (κ2) is 8.54. The lowest BCUT2D eigenvalue weighted by molar-refractivity contribution is -0.112. The minimum atomic E-state index is -0.173. The van der Waals surface area contributed by atoms with Crippen molar-refractivity contribution in [2.45, 2.75) is 30.6 Å². The summed E-state index contributed by atoms with van der Waals surface area (Å²) in [6.07, 6.45) is 0. The maximum atomic E-state index is 11.8. The van der Waals surface area contributed by atoms with E-state index in [9.17, 15) is 4.79 Å². The van der Waals surface area contributed by atoms with E-state index in [1.54, 1.807) is 18.7 Å². The molecule has 1 aliphatic rings. The van der Waals surface area contributed by atoms with E-state index in [0.717, 1.165) is 59.0 Å². The summed E-state index contributed by atoms with van der Waals surface area (Å²) in [5.74, 6) is 0.631. The lowest BCUT2D eigenvalue weighted by atomic mass is 10.3. The normalized spacial score (nSPS) is 14.1. The van der Waals surface area contributed by atoms with Crippen LogP contribution in [0.4, 0.5) is 11.6 Å². The van der Waals surface area contributed by atoms with Gasteiger partial charge >= 0.3 is 0 Å². The molecule has 0 aliphatic carbocycles. The van der Waals surface area contributed by atoms with E-state index in [0.29, 0.717) is 5.57 Å². The Hall–Kier alpha value is -2.38. The van der Waals surface area contributed by atoms with Gasteiger partial charge in [0.2, 0.25) is 5.95 Å². The number of hydrogen-bond donors (Lipinski definition) is 2. The van der Waals surface area contributed by atoms with Crippen LogP contribution < -0.4 is 15.5 Å². The predicted molar refractivity (Wildman–Crippen MR) is 111 cm³/mol. The van der Waals surface area contributed by atoms with E-state index in [2.05, 4.69) is 22.1 Å². The smallest absolute Gasteiger partial charge is 0.250 e. The minimum Gasteiger partial charge on any atom is -0.338 e. The number of rotatable bonds is 5. The van der Waals surface area contributed by atoms with Crippen LogP contribution in [0.1, 0.15) is 18.3 Å². The van der Waals surface area contributed by atoms with Gasteiger partial charge < -0.3 is 15.5 Å².